The van der Waals surface area contributed by atoms with Gasteiger partial charge in [-0.1, -0.05) is 23.9 Å². The van der Waals surface area contributed by atoms with Crippen molar-refractivity contribution >= 4 is 30.7 Å². The Labute approximate surface area is 262 Å². The van der Waals surface area contributed by atoms with E-state index in [1.54, 1.807) is 51.5 Å². The second-order valence-electron chi connectivity index (χ2n) is 11.9. The van der Waals surface area contributed by atoms with Crippen molar-refractivity contribution in [1.29, 1.82) is 0 Å². The molecule has 2 aromatic carbocycles. The number of fused-ring (bicyclic) bond motifs is 1. The Morgan fingerprint density at radius 2 is 1.55 bits per heavy atom. The van der Waals surface area contributed by atoms with Crippen LogP contribution in [0, 0.1) is 6.92 Å². The largest absolute Gasteiger partial charge is 1.00 e. The van der Waals surface area contributed by atoms with Gasteiger partial charge >= 0.3 is 155 Å². The summed E-state index contributed by atoms with van der Waals surface area (Å²) in [5.74, 6) is 0.797. The van der Waals surface area contributed by atoms with E-state index in [9.17, 15) is 0 Å². The minimum Gasteiger partial charge on any atom is -1.00 e. The maximum Gasteiger partial charge on any atom is -1.00 e. The number of halogens is 2. The fourth-order valence-corrected chi connectivity index (χ4v) is 14.7. The van der Waals surface area contributed by atoms with Gasteiger partial charge in [-0.3, -0.25) is 0 Å². The molecule has 38 heavy (non-hydrogen) atoms. The Hall–Kier alpha value is -0.700. The van der Waals surface area contributed by atoms with E-state index < -0.39 is 8.07 Å². The summed E-state index contributed by atoms with van der Waals surface area (Å²) in [6, 6.07) is 18.7. The summed E-state index contributed by atoms with van der Waals surface area (Å²) < 4.78 is 0.652. The van der Waals surface area contributed by atoms with Crippen molar-refractivity contribution in [3.63, 3.8) is 0 Å². The Bertz CT molecular complexity index is 1390. The third-order valence-corrected chi connectivity index (χ3v) is 16.5. The molecule has 3 heterocycles. The molecule has 5 aliphatic rings. The monoisotopic (exact) mass is 653 g/mol. The van der Waals surface area contributed by atoms with Gasteiger partial charge in [-0.05, 0) is 25.5 Å². The van der Waals surface area contributed by atoms with Gasteiger partial charge in [0.05, 0.1) is 8.07 Å². The van der Waals surface area contributed by atoms with Gasteiger partial charge in [0.15, 0.2) is 0 Å². The molecule has 0 nitrogen and oxygen atoms in total. The van der Waals surface area contributed by atoms with E-state index >= 15 is 0 Å². The molecule has 0 N–H and O–H groups in total. The molecular formula is C33H37Cl2SSiZr. The fourth-order valence-electron chi connectivity index (χ4n) is 7.46. The molecule has 8 rings (SSSR count). The topological polar surface area (TPSA) is 0 Å². The Morgan fingerprint density at radius 3 is 2.18 bits per heavy atom. The summed E-state index contributed by atoms with van der Waals surface area (Å²) in [6.45, 7) is 11.9. The predicted octanol–water partition coefficient (Wildman–Crippen LogP) is 4.14. The molecule has 0 spiro atoms. The fraction of sp³-hybridized carbons (Fsp3) is 0.394. The van der Waals surface area contributed by atoms with Crippen molar-refractivity contribution in [3.05, 3.63) is 91.7 Å². The zero-order valence-corrected chi connectivity index (χ0v) is 28.9. The SMILES string of the molecule is CC1=C2c3cc(C)sc3C1[Si]2(C)C.CC1=Cc2c(-c3ccc(C4CCCCC4)cc3)cccc2[CH]1[Zr+2].[Cl-].[Cl-]. The predicted molar refractivity (Wildman–Crippen MR) is 156 cm³/mol. The zero-order chi connectivity index (χ0) is 25.2. The first-order chi connectivity index (χ1) is 17.3. The molecule has 5 heteroatoms. The molecule has 1 fully saturated rings. The minimum absolute atomic E-state index is 0. The Kier molecular flexibility index (Phi) is 9.28. The quantitative estimate of drug-likeness (QED) is 0.365. The number of hydrogen-bond donors (Lipinski definition) is 0. The van der Waals surface area contributed by atoms with Crippen LogP contribution in [0.4, 0.5) is 0 Å². The van der Waals surface area contributed by atoms with E-state index in [1.807, 2.05) is 11.3 Å². The second kappa shape index (κ2) is 11.7. The average molecular weight is 656 g/mol. The molecule has 1 aromatic heterocycles. The molecule has 1 saturated carbocycles. The minimum atomic E-state index is -0.995. The van der Waals surface area contributed by atoms with Gasteiger partial charge in [0, 0.05) is 15.3 Å². The maximum atomic E-state index is 2.52. The molecular weight excluding hydrogens is 619 g/mol. The smallest absolute Gasteiger partial charge is 1.00 e. The van der Waals surface area contributed by atoms with Crippen molar-refractivity contribution < 1.29 is 49.5 Å². The molecule has 0 radical (unpaired) electrons. The summed E-state index contributed by atoms with van der Waals surface area (Å²) in [4.78, 5) is 3.19. The van der Waals surface area contributed by atoms with Crippen LogP contribution < -0.4 is 24.8 Å². The summed E-state index contributed by atoms with van der Waals surface area (Å²) in [5, 5.41) is 1.77. The normalized spacial score (nSPS) is 22.2. The molecule has 0 amide bonds. The molecule has 2 bridgehead atoms. The number of hydrogen-bond acceptors (Lipinski definition) is 1. The van der Waals surface area contributed by atoms with Crippen LogP contribution in [0.1, 0.15) is 93.0 Å². The van der Waals surface area contributed by atoms with Gasteiger partial charge in [-0.2, -0.15) is 0 Å². The standard InChI is InChI=1S/C22H23.C11H14SSi.2ClH.Zr/c1-16-14-20-8-5-9-21(22(20)15-16)19-12-10-18(11-13-19)17-6-3-2-4-7-17;1-6-5-8-9(12-6)11-7(2)10(8)13(11,3)4;;;/h5,8-15,17H,2-4,6-7H2,1H3;5,11H,1-4H3;2*1H;/q;;;;+2/p-2. The van der Waals surface area contributed by atoms with E-state index in [2.05, 4.69) is 88.5 Å². The Morgan fingerprint density at radius 1 is 0.868 bits per heavy atom. The van der Waals surface area contributed by atoms with Gasteiger partial charge in [0.1, 0.15) is 0 Å². The first-order valence-corrected chi connectivity index (χ1v) is 19.0. The third kappa shape index (κ3) is 4.98. The van der Waals surface area contributed by atoms with E-state index in [0.717, 1.165) is 11.5 Å². The molecule has 3 aliphatic carbocycles. The van der Waals surface area contributed by atoms with Gasteiger partial charge in [0.2, 0.25) is 0 Å². The number of aryl methyl sites for hydroxylation is 1. The van der Waals surface area contributed by atoms with Crippen molar-refractivity contribution in [2.75, 3.05) is 0 Å². The van der Waals surface area contributed by atoms with Crippen molar-refractivity contribution in [2.24, 2.45) is 0 Å². The van der Waals surface area contributed by atoms with Gasteiger partial charge in [-0.25, -0.2) is 0 Å². The Balaban J connectivity index is 0.000000191. The van der Waals surface area contributed by atoms with Crippen LogP contribution >= 0.6 is 11.3 Å². The van der Waals surface area contributed by atoms with E-state index in [4.69, 9.17) is 0 Å². The van der Waals surface area contributed by atoms with Crippen molar-refractivity contribution in [2.45, 2.75) is 81.1 Å². The first-order valence-electron chi connectivity index (χ1n) is 13.7. The van der Waals surface area contributed by atoms with Gasteiger partial charge in [-0.15, -0.1) is 11.3 Å². The van der Waals surface area contributed by atoms with Crippen LogP contribution in [0.2, 0.25) is 13.1 Å². The number of allylic oxidation sites excluding steroid dienone is 2. The number of rotatable bonds is 2. The average Bonchev–Trinajstić information content (AvgIpc) is 3.53. The third-order valence-electron chi connectivity index (χ3n) is 9.19. The molecule has 2 unspecified atom stereocenters. The van der Waals surface area contributed by atoms with Gasteiger partial charge in [0.25, 0.3) is 0 Å². The van der Waals surface area contributed by atoms with Crippen LogP contribution in [-0.4, -0.2) is 8.07 Å². The maximum absolute atomic E-state index is 2.52. The molecule has 2 aliphatic heterocycles. The van der Waals surface area contributed by atoms with E-state index in [1.165, 1.54) is 64.8 Å². The van der Waals surface area contributed by atoms with Crippen molar-refractivity contribution in [3.8, 4) is 11.1 Å². The van der Waals surface area contributed by atoms with Crippen LogP contribution in [0.15, 0.2) is 59.7 Å². The van der Waals surface area contributed by atoms with Gasteiger partial charge < -0.3 is 24.8 Å². The summed E-state index contributed by atoms with van der Waals surface area (Å²) in [5.41, 5.74) is 13.0. The van der Waals surface area contributed by atoms with Crippen LogP contribution in [0.3, 0.4) is 0 Å². The number of benzene rings is 2. The second-order valence-corrected chi connectivity index (χ2v) is 19.2. The van der Waals surface area contributed by atoms with Crippen LogP contribution in [-0.2, 0) is 24.7 Å². The van der Waals surface area contributed by atoms with Crippen LogP contribution in [0.5, 0.6) is 0 Å². The number of thiophene rings is 1. The van der Waals surface area contributed by atoms with Crippen molar-refractivity contribution in [1.82, 2.24) is 0 Å². The molecule has 0 saturated heterocycles. The molecule has 2 atom stereocenters. The summed E-state index contributed by atoms with van der Waals surface area (Å²) in [7, 11) is -0.995. The van der Waals surface area contributed by atoms with Crippen LogP contribution in [0.25, 0.3) is 22.4 Å². The first kappa shape index (κ1) is 30.3. The zero-order valence-electron chi connectivity index (χ0n) is 23.1. The molecule has 197 valence electrons. The van der Waals surface area contributed by atoms with E-state index in [-0.39, 0.29) is 24.8 Å². The van der Waals surface area contributed by atoms with E-state index in [0.29, 0.717) is 3.63 Å². The summed E-state index contributed by atoms with van der Waals surface area (Å²) in [6.07, 6.45) is 9.40. The molecule has 3 aromatic rings. The summed E-state index contributed by atoms with van der Waals surface area (Å²) >= 11 is 3.62.